The third kappa shape index (κ3) is 14.0. The third-order valence-corrected chi connectivity index (χ3v) is 12.8. The number of allylic oxidation sites excluding steroid dienone is 1. The molecule has 0 bridgehead atoms. The number of nitrogen functional groups attached to an aromatic ring is 1. The maximum atomic E-state index is 12.4. The van der Waals surface area contributed by atoms with E-state index in [0.717, 1.165) is 74.7 Å². The molecule has 2 aromatic rings. The Balaban J connectivity index is 1.37. The van der Waals surface area contributed by atoms with E-state index in [1.165, 1.54) is 24.8 Å². The van der Waals surface area contributed by atoms with Crippen LogP contribution in [0.3, 0.4) is 0 Å². The van der Waals surface area contributed by atoms with E-state index < -0.39 is 23.6 Å². The Morgan fingerprint density at radius 3 is 2.49 bits per heavy atom. The van der Waals surface area contributed by atoms with Crippen LogP contribution in [0, 0.1) is 35.5 Å². The third-order valence-electron chi connectivity index (χ3n) is 12.8. The van der Waals surface area contributed by atoms with Crippen LogP contribution < -0.4 is 10.7 Å². The van der Waals surface area contributed by atoms with Gasteiger partial charge in [-0.3, -0.25) is 4.79 Å². The lowest BCUT2D eigenvalue weighted by atomic mass is 9.80. The number of carboxylic acids is 1. The number of unbranched alkanes of at least 4 members (excludes halogenated alkanes) is 4. The van der Waals surface area contributed by atoms with Crippen molar-refractivity contribution in [3.05, 3.63) is 59.1 Å². The molecule has 310 valence electrons. The fourth-order valence-electron chi connectivity index (χ4n) is 9.81. The van der Waals surface area contributed by atoms with E-state index in [0.29, 0.717) is 62.1 Å². The molecule has 7 N–H and O–H groups in total. The molecule has 0 unspecified atom stereocenters. The summed E-state index contributed by atoms with van der Waals surface area (Å²) in [6.07, 6.45) is 19.9. The highest BCUT2D eigenvalue weighted by atomic mass is 16.4. The molecule has 9 heteroatoms. The van der Waals surface area contributed by atoms with Crippen LogP contribution in [0.5, 0.6) is 0 Å². The van der Waals surface area contributed by atoms with E-state index in [1.807, 2.05) is 12.1 Å². The first-order valence-corrected chi connectivity index (χ1v) is 21.8. The van der Waals surface area contributed by atoms with Crippen molar-refractivity contribution in [2.24, 2.45) is 35.5 Å². The number of aromatic nitrogens is 2. The largest absolute Gasteiger partial charge is 0.664 e. The van der Waals surface area contributed by atoms with Gasteiger partial charge < -0.3 is 36.3 Å². The van der Waals surface area contributed by atoms with E-state index in [-0.39, 0.29) is 36.9 Å². The maximum Gasteiger partial charge on any atom is 0.309 e. The van der Waals surface area contributed by atoms with Crippen LogP contribution in [0.1, 0.15) is 159 Å². The van der Waals surface area contributed by atoms with Crippen molar-refractivity contribution in [3.8, 4) is 0 Å². The second-order valence-corrected chi connectivity index (χ2v) is 17.9. The Morgan fingerprint density at radius 2 is 1.80 bits per heavy atom. The fourth-order valence-corrected chi connectivity index (χ4v) is 9.81. The summed E-state index contributed by atoms with van der Waals surface area (Å²) in [6, 6.07) is 6.07. The number of pyridine rings is 1. The highest BCUT2D eigenvalue weighted by Crippen LogP contribution is 2.46. The summed E-state index contributed by atoms with van der Waals surface area (Å²) < 4.78 is 0. The molecule has 9 atom stereocenters. The van der Waals surface area contributed by atoms with Crippen LogP contribution >= 0.6 is 0 Å². The van der Waals surface area contributed by atoms with E-state index >= 15 is 0 Å². The van der Waals surface area contributed by atoms with E-state index in [4.69, 9.17) is 10.7 Å². The first kappa shape index (κ1) is 45.0. The molecule has 1 saturated carbocycles. The van der Waals surface area contributed by atoms with Crippen molar-refractivity contribution in [3.63, 3.8) is 0 Å². The van der Waals surface area contributed by atoms with Crippen molar-refractivity contribution < 1.29 is 30.3 Å². The summed E-state index contributed by atoms with van der Waals surface area (Å²) in [5, 5.41) is 54.2. The molecular weight excluding hydrogens is 691 g/mol. The normalized spacial score (nSPS) is 25.7. The molecule has 2 aliphatic rings. The summed E-state index contributed by atoms with van der Waals surface area (Å²) in [5.41, 5.74) is 9.23. The van der Waals surface area contributed by atoms with Crippen LogP contribution in [0.25, 0.3) is 0 Å². The molecule has 4 rings (SSSR count). The Morgan fingerprint density at radius 1 is 1.02 bits per heavy atom. The van der Waals surface area contributed by atoms with Gasteiger partial charge in [-0.15, -0.1) is 0 Å². The molecule has 2 heterocycles. The van der Waals surface area contributed by atoms with Gasteiger partial charge >= 0.3 is 5.97 Å². The molecular formula is C46H74N3O6-. The minimum atomic E-state index is -1.08. The smallest absolute Gasteiger partial charge is 0.309 e. The zero-order valence-electron chi connectivity index (χ0n) is 34.4. The summed E-state index contributed by atoms with van der Waals surface area (Å²) in [7, 11) is 0. The summed E-state index contributed by atoms with van der Waals surface area (Å²) in [6.45, 7) is 9.03. The van der Waals surface area contributed by atoms with Gasteiger partial charge in [0.05, 0.1) is 23.7 Å². The van der Waals surface area contributed by atoms with E-state index in [1.54, 1.807) is 6.20 Å². The Hall–Kier alpha value is -2.72. The summed E-state index contributed by atoms with van der Waals surface area (Å²) >= 11 is 0. The monoisotopic (exact) mass is 765 g/mol. The second kappa shape index (κ2) is 22.3. The van der Waals surface area contributed by atoms with Gasteiger partial charge in [-0.25, -0.2) is 4.98 Å². The number of aliphatic hydroxyl groups is 4. The van der Waals surface area contributed by atoms with Crippen LogP contribution in [0.2, 0.25) is 0 Å². The van der Waals surface area contributed by atoms with E-state index in [9.17, 15) is 30.3 Å². The number of anilines is 1. The molecule has 1 fully saturated rings. The topological polar surface area (TPSA) is 171 Å². The first-order chi connectivity index (χ1) is 26.3. The predicted octanol–water partition coefficient (Wildman–Crippen LogP) is 8.16. The number of aliphatic carboxylic acids is 1. The van der Waals surface area contributed by atoms with Crippen molar-refractivity contribution in [1.82, 2.24) is 9.97 Å². The Kier molecular flexibility index (Phi) is 18.2. The van der Waals surface area contributed by atoms with Gasteiger partial charge in [-0.1, -0.05) is 90.0 Å². The first-order valence-electron chi connectivity index (χ1n) is 21.8. The summed E-state index contributed by atoms with van der Waals surface area (Å²) in [5.74, 6) is 0.201. The number of nitrogens with two attached hydrogens (primary N) is 1. The Labute approximate surface area is 331 Å². The molecule has 0 spiro atoms. The zero-order valence-corrected chi connectivity index (χ0v) is 34.4. The van der Waals surface area contributed by atoms with Gasteiger partial charge in [-0.05, 0) is 131 Å². The average Bonchev–Trinajstić information content (AvgIpc) is 3.67. The van der Waals surface area contributed by atoms with E-state index in [2.05, 4.69) is 50.9 Å². The minimum Gasteiger partial charge on any atom is -0.664 e. The van der Waals surface area contributed by atoms with Crippen LogP contribution in [-0.2, 0) is 24.1 Å². The van der Waals surface area contributed by atoms with Crippen LogP contribution in [0.15, 0.2) is 36.5 Å². The second-order valence-electron chi connectivity index (χ2n) is 17.9. The average molecular weight is 765 g/mol. The van der Waals surface area contributed by atoms with Gasteiger partial charge in [0.15, 0.2) is 0 Å². The standard InChI is InChI=1S/C46H74N3O6/c1-5-6-8-12-33-16-17-36(43(52)26-33)13-9-7-10-14-39(45(53)54)42(51)18-20-46(55)30-35(24-34-19-21-48-44(47)27-34)25-37(46)28-38-29-40(32(4)23-31(2)3)41(49-38)15-11-22-50/h16-17,19,21,27,29,31-33,35-37,39,42-43,50-52,55H,5-15,18,20,22-26,28,30H2,1-4H3,(H2,47,48)(H,53,54)/q-1/t32-,33-,35-,36-,37+,39+,42-,43-,46+/m1/s1. The van der Waals surface area contributed by atoms with Gasteiger partial charge in [0, 0.05) is 18.7 Å². The zero-order chi connectivity index (χ0) is 40.0. The van der Waals surface area contributed by atoms with Crippen LogP contribution in [-0.4, -0.2) is 60.9 Å². The molecule has 0 aliphatic heterocycles. The lowest BCUT2D eigenvalue weighted by Crippen LogP contribution is -2.37. The van der Waals surface area contributed by atoms with Crippen molar-refractivity contribution in [2.75, 3.05) is 12.3 Å². The summed E-state index contributed by atoms with van der Waals surface area (Å²) in [4.78, 5) is 21.6. The number of hydrogen-bond acceptors (Lipinski definition) is 7. The highest BCUT2D eigenvalue weighted by Gasteiger charge is 2.46. The lowest BCUT2D eigenvalue weighted by molar-refractivity contribution is -0.146. The Bertz CT molecular complexity index is 1460. The molecule has 0 amide bonds. The molecule has 9 nitrogen and oxygen atoms in total. The van der Waals surface area contributed by atoms with Gasteiger partial charge in [-0.2, -0.15) is 11.4 Å². The molecule has 0 saturated heterocycles. The van der Waals surface area contributed by atoms with Gasteiger partial charge in [0.2, 0.25) is 0 Å². The number of rotatable bonds is 25. The number of nitrogens with zero attached hydrogens (tertiary/aromatic N) is 2. The lowest BCUT2D eigenvalue weighted by Gasteiger charge is -2.33. The van der Waals surface area contributed by atoms with Crippen molar-refractivity contribution >= 4 is 11.8 Å². The molecule has 2 aliphatic carbocycles. The molecule has 55 heavy (non-hydrogen) atoms. The van der Waals surface area contributed by atoms with Crippen molar-refractivity contribution in [1.29, 1.82) is 0 Å². The molecule has 0 aromatic carbocycles. The molecule has 2 aromatic heterocycles. The number of carboxylic acid groups (broad SMARTS) is 1. The SMILES string of the molecule is CCCCC[C@@H]1C=C[C@@H](CCCCC[C@H](C(=O)O)[C@H](O)CC[C@]2(O)C[C@H](Cc3ccnc(N)c3)C[C@H]2Cc2cc([C@H](C)CC(C)C)c(CCCO)[n-]2)[C@H](O)C1. The molecule has 0 radical (unpaired) electrons. The quantitative estimate of drug-likeness (QED) is 0.0431. The van der Waals surface area contributed by atoms with Gasteiger partial charge in [0.25, 0.3) is 0 Å². The van der Waals surface area contributed by atoms with Gasteiger partial charge in [0.1, 0.15) is 5.82 Å². The minimum absolute atomic E-state index is 0.100. The predicted molar refractivity (Wildman–Crippen MR) is 221 cm³/mol. The van der Waals surface area contributed by atoms with Crippen molar-refractivity contribution in [2.45, 2.75) is 173 Å². The van der Waals surface area contributed by atoms with Crippen LogP contribution in [0.4, 0.5) is 5.82 Å². The number of carbonyl (C=O) groups is 1. The maximum absolute atomic E-state index is 12.4. The number of hydrogen-bond donors (Lipinski definition) is 6. The highest BCUT2D eigenvalue weighted by molar-refractivity contribution is 5.70. The number of aliphatic hydroxyl groups excluding tert-OH is 3. The fraction of sp³-hybridized carbons (Fsp3) is 0.739. The number of aryl methyl sites for hydroxylation is 1.